The molecule has 2 N–H and O–H groups in total. The molecule has 0 radical (unpaired) electrons. The van der Waals surface area contributed by atoms with E-state index in [1.807, 2.05) is 12.2 Å². The number of hydrogen-bond acceptors (Lipinski definition) is 2. The molecule has 0 unspecified atom stereocenters. The maximum Gasteiger partial charge on any atom is 0.0647 e. The summed E-state index contributed by atoms with van der Waals surface area (Å²) < 4.78 is 5.34. The third-order valence-electron chi connectivity index (χ3n) is 1.66. The van der Waals surface area contributed by atoms with Gasteiger partial charge in [-0.3, -0.25) is 0 Å². The van der Waals surface area contributed by atoms with Crippen LogP contribution in [0.2, 0.25) is 0 Å². The summed E-state index contributed by atoms with van der Waals surface area (Å²) >= 11 is 0. The van der Waals surface area contributed by atoms with Gasteiger partial charge in [0.05, 0.1) is 6.61 Å². The number of ether oxygens (including phenoxy) is 1. The summed E-state index contributed by atoms with van der Waals surface area (Å²) in [6.45, 7) is 4.42. The number of nitrogens with two attached hydrogens (primary N) is 1. The Bertz CT molecular complexity index is 102. The third-order valence-corrected chi connectivity index (χ3v) is 1.66. The van der Waals surface area contributed by atoms with Crippen molar-refractivity contribution in [1.82, 2.24) is 0 Å². The van der Waals surface area contributed by atoms with Gasteiger partial charge in [-0.2, -0.15) is 0 Å². The molecular weight excluding hydrogens is 150 g/mol. The zero-order valence-electron chi connectivity index (χ0n) is 8.09. The molecule has 2 nitrogen and oxygen atoms in total. The van der Waals surface area contributed by atoms with E-state index in [9.17, 15) is 0 Å². The van der Waals surface area contributed by atoms with Crippen LogP contribution in [-0.2, 0) is 4.74 Å². The van der Waals surface area contributed by atoms with Crippen LogP contribution >= 0.6 is 0 Å². The normalized spacial score (nSPS) is 11.2. The molecule has 0 aliphatic carbocycles. The molecule has 0 heterocycles. The van der Waals surface area contributed by atoms with Crippen molar-refractivity contribution >= 4 is 0 Å². The van der Waals surface area contributed by atoms with Gasteiger partial charge >= 0.3 is 0 Å². The van der Waals surface area contributed by atoms with Crippen molar-refractivity contribution in [3.8, 4) is 0 Å². The summed E-state index contributed by atoms with van der Waals surface area (Å²) in [5.41, 5.74) is 5.27. The maximum absolute atomic E-state index is 5.34. The van der Waals surface area contributed by atoms with Crippen LogP contribution in [0.25, 0.3) is 0 Å². The van der Waals surface area contributed by atoms with Crippen LogP contribution in [0.1, 0.15) is 32.6 Å². The van der Waals surface area contributed by atoms with Crippen LogP contribution in [0.3, 0.4) is 0 Å². The van der Waals surface area contributed by atoms with Gasteiger partial charge in [0, 0.05) is 13.2 Å². The van der Waals surface area contributed by atoms with Gasteiger partial charge in [-0.15, -0.1) is 0 Å². The van der Waals surface area contributed by atoms with Gasteiger partial charge in [0.15, 0.2) is 0 Å². The van der Waals surface area contributed by atoms with E-state index < -0.39 is 0 Å². The fourth-order valence-electron chi connectivity index (χ4n) is 0.947. The zero-order chi connectivity index (χ0) is 9.07. The van der Waals surface area contributed by atoms with Crippen molar-refractivity contribution < 1.29 is 4.74 Å². The molecule has 0 aromatic carbocycles. The lowest BCUT2D eigenvalue weighted by atomic mass is 10.2. The van der Waals surface area contributed by atoms with E-state index in [4.69, 9.17) is 10.5 Å². The molecule has 0 aliphatic rings. The molecule has 0 saturated carbocycles. The van der Waals surface area contributed by atoms with Crippen LogP contribution in [-0.4, -0.2) is 19.8 Å². The van der Waals surface area contributed by atoms with E-state index >= 15 is 0 Å². The maximum atomic E-state index is 5.34. The molecule has 0 spiro atoms. The summed E-state index contributed by atoms with van der Waals surface area (Å²) in [6, 6.07) is 0. The van der Waals surface area contributed by atoms with E-state index in [0.717, 1.165) is 6.61 Å². The first kappa shape index (κ1) is 11.7. The molecule has 0 aliphatic heterocycles. The molecular formula is C10H21NO. The first-order valence-corrected chi connectivity index (χ1v) is 4.84. The summed E-state index contributed by atoms with van der Waals surface area (Å²) in [5.74, 6) is 0. The van der Waals surface area contributed by atoms with E-state index in [1.165, 1.54) is 25.7 Å². The SMILES string of the molecule is CCCCCCOCC=CCN. The first-order chi connectivity index (χ1) is 5.91. The van der Waals surface area contributed by atoms with Gasteiger partial charge in [0.1, 0.15) is 0 Å². The highest BCUT2D eigenvalue weighted by Gasteiger charge is 1.86. The fourth-order valence-corrected chi connectivity index (χ4v) is 0.947. The van der Waals surface area contributed by atoms with Crippen LogP contribution < -0.4 is 5.73 Å². The van der Waals surface area contributed by atoms with Crippen molar-refractivity contribution in [2.45, 2.75) is 32.6 Å². The highest BCUT2D eigenvalue weighted by molar-refractivity contribution is 4.81. The lowest BCUT2D eigenvalue weighted by molar-refractivity contribution is 0.157. The monoisotopic (exact) mass is 171 g/mol. The Kier molecular flexibility index (Phi) is 10.4. The Hall–Kier alpha value is -0.340. The zero-order valence-corrected chi connectivity index (χ0v) is 8.09. The van der Waals surface area contributed by atoms with Crippen molar-refractivity contribution in [3.63, 3.8) is 0 Å². The number of rotatable bonds is 8. The Balaban J connectivity index is 2.86. The largest absolute Gasteiger partial charge is 0.377 e. The molecule has 0 aromatic rings. The van der Waals surface area contributed by atoms with E-state index in [-0.39, 0.29) is 0 Å². The van der Waals surface area contributed by atoms with Gasteiger partial charge in [-0.05, 0) is 6.42 Å². The highest BCUT2D eigenvalue weighted by Crippen LogP contribution is 1.98. The summed E-state index contributed by atoms with van der Waals surface area (Å²) in [5, 5.41) is 0. The smallest absolute Gasteiger partial charge is 0.0647 e. The Morgan fingerprint density at radius 3 is 2.67 bits per heavy atom. The fraction of sp³-hybridized carbons (Fsp3) is 0.800. The summed E-state index contributed by atoms with van der Waals surface area (Å²) in [6.07, 6.45) is 8.97. The second kappa shape index (κ2) is 10.7. The molecule has 0 rings (SSSR count). The van der Waals surface area contributed by atoms with Crippen molar-refractivity contribution in [3.05, 3.63) is 12.2 Å². The molecule has 0 fully saturated rings. The van der Waals surface area contributed by atoms with Crippen LogP contribution in [0, 0.1) is 0 Å². The lowest BCUT2D eigenvalue weighted by Crippen LogP contribution is -1.96. The Morgan fingerprint density at radius 2 is 2.00 bits per heavy atom. The number of unbranched alkanes of at least 4 members (excludes halogenated alkanes) is 3. The van der Waals surface area contributed by atoms with E-state index in [1.54, 1.807) is 0 Å². The highest BCUT2D eigenvalue weighted by atomic mass is 16.5. The first-order valence-electron chi connectivity index (χ1n) is 4.84. The van der Waals surface area contributed by atoms with Crippen LogP contribution in [0.4, 0.5) is 0 Å². The second-order valence-electron chi connectivity index (χ2n) is 2.84. The number of hydrogen-bond donors (Lipinski definition) is 1. The molecule has 12 heavy (non-hydrogen) atoms. The Labute approximate surface area is 75.8 Å². The minimum absolute atomic E-state index is 0.610. The van der Waals surface area contributed by atoms with Gasteiger partial charge in [-0.25, -0.2) is 0 Å². The van der Waals surface area contributed by atoms with Gasteiger partial charge in [-0.1, -0.05) is 38.3 Å². The van der Waals surface area contributed by atoms with Gasteiger partial charge < -0.3 is 10.5 Å². The van der Waals surface area contributed by atoms with Gasteiger partial charge in [0.25, 0.3) is 0 Å². The molecule has 0 amide bonds. The minimum atomic E-state index is 0.610. The van der Waals surface area contributed by atoms with E-state index in [0.29, 0.717) is 13.2 Å². The van der Waals surface area contributed by atoms with Crippen molar-refractivity contribution in [2.75, 3.05) is 19.8 Å². The molecule has 0 aromatic heterocycles. The molecule has 0 bridgehead atoms. The van der Waals surface area contributed by atoms with Crippen molar-refractivity contribution in [1.29, 1.82) is 0 Å². The quantitative estimate of drug-likeness (QED) is 0.448. The standard InChI is InChI=1S/C10H21NO/c1-2-3-4-6-9-12-10-7-5-8-11/h5,7H,2-4,6,8-11H2,1H3. The van der Waals surface area contributed by atoms with Crippen molar-refractivity contribution in [2.24, 2.45) is 5.73 Å². The van der Waals surface area contributed by atoms with Crippen LogP contribution in [0.5, 0.6) is 0 Å². The van der Waals surface area contributed by atoms with Gasteiger partial charge in [0.2, 0.25) is 0 Å². The molecule has 0 atom stereocenters. The topological polar surface area (TPSA) is 35.2 Å². The average Bonchev–Trinajstić information content (AvgIpc) is 2.10. The summed E-state index contributed by atoms with van der Waals surface area (Å²) in [7, 11) is 0. The Morgan fingerprint density at radius 1 is 1.17 bits per heavy atom. The minimum Gasteiger partial charge on any atom is -0.377 e. The molecule has 72 valence electrons. The second-order valence-corrected chi connectivity index (χ2v) is 2.84. The summed E-state index contributed by atoms with van der Waals surface area (Å²) in [4.78, 5) is 0. The molecule has 2 heteroatoms. The molecule has 0 saturated heterocycles. The van der Waals surface area contributed by atoms with E-state index in [2.05, 4.69) is 6.92 Å². The average molecular weight is 171 g/mol. The lowest BCUT2D eigenvalue weighted by Gasteiger charge is -1.99. The third kappa shape index (κ3) is 9.66. The van der Waals surface area contributed by atoms with Crippen LogP contribution in [0.15, 0.2) is 12.2 Å². The predicted octanol–water partition coefficient (Wildman–Crippen LogP) is 2.10. The predicted molar refractivity (Wildman–Crippen MR) is 53.2 cm³/mol.